The Morgan fingerprint density at radius 2 is 1.76 bits per heavy atom. The Hall–Kier alpha value is -2.90. The molecule has 0 fully saturated rings. The molecule has 4 aromatic rings. The number of halogens is 2. The monoisotopic (exact) mass is 463 g/mol. The Morgan fingerprint density at radius 1 is 1.03 bits per heavy atom. The van der Waals surface area contributed by atoms with Gasteiger partial charge in [-0.25, -0.2) is 13.8 Å². The summed E-state index contributed by atoms with van der Waals surface area (Å²) in [6, 6.07) is 12.5. The Labute approximate surface area is 193 Å². The maximum atomic E-state index is 14.0. The Bertz CT molecular complexity index is 1380. The molecule has 0 aliphatic heterocycles. The fourth-order valence-electron chi connectivity index (χ4n) is 5.29. The molecule has 0 radical (unpaired) electrons. The van der Waals surface area contributed by atoms with Gasteiger partial charge in [0, 0.05) is 29.1 Å². The van der Waals surface area contributed by atoms with Crippen molar-refractivity contribution in [2.45, 2.75) is 50.7 Å². The smallest absolute Gasteiger partial charge is 0.262 e. The van der Waals surface area contributed by atoms with Crippen LogP contribution in [0.5, 0.6) is 0 Å². The molecular weight excluding hydrogens is 440 g/mol. The van der Waals surface area contributed by atoms with Gasteiger partial charge in [-0.2, -0.15) is 0 Å². The highest BCUT2D eigenvalue weighted by Gasteiger charge is 2.28. The third-order valence-corrected chi connectivity index (χ3v) is 8.21. The number of hydrogen-bond donors (Lipinski definition) is 1. The summed E-state index contributed by atoms with van der Waals surface area (Å²) in [6.07, 6.45) is 5.74. The highest BCUT2D eigenvalue weighted by Crippen LogP contribution is 2.35. The molecule has 0 saturated carbocycles. The van der Waals surface area contributed by atoms with Crippen LogP contribution in [0.3, 0.4) is 0 Å². The van der Waals surface area contributed by atoms with E-state index in [9.17, 15) is 13.6 Å². The normalized spacial score (nSPS) is 17.9. The van der Waals surface area contributed by atoms with Crippen LogP contribution in [0.4, 0.5) is 8.78 Å². The van der Waals surface area contributed by atoms with Gasteiger partial charge in [0.1, 0.15) is 16.5 Å². The average Bonchev–Trinajstić information content (AvgIpc) is 3.40. The van der Waals surface area contributed by atoms with Gasteiger partial charge >= 0.3 is 0 Å². The van der Waals surface area contributed by atoms with Crippen molar-refractivity contribution in [2.75, 3.05) is 0 Å². The minimum absolute atomic E-state index is 0.0511. The molecule has 7 heteroatoms. The van der Waals surface area contributed by atoms with Crippen LogP contribution >= 0.6 is 11.3 Å². The van der Waals surface area contributed by atoms with E-state index >= 15 is 0 Å². The quantitative estimate of drug-likeness (QED) is 0.476. The fraction of sp³-hybridized carbons (Fsp3) is 0.308. The fourth-order valence-corrected chi connectivity index (χ4v) is 6.55. The van der Waals surface area contributed by atoms with Gasteiger partial charge in [0.05, 0.1) is 11.7 Å². The topological polar surface area (TPSA) is 46.9 Å². The second kappa shape index (κ2) is 8.15. The number of rotatable bonds is 4. The van der Waals surface area contributed by atoms with Crippen molar-refractivity contribution >= 4 is 21.6 Å². The lowest BCUT2D eigenvalue weighted by atomic mass is 9.93. The second-order valence-electron chi connectivity index (χ2n) is 8.99. The molecule has 2 aromatic heterocycles. The number of aryl methyl sites for hydroxylation is 1. The summed E-state index contributed by atoms with van der Waals surface area (Å²) in [6.45, 7) is 0.150. The lowest BCUT2D eigenvalue weighted by molar-refractivity contribution is 0.445. The van der Waals surface area contributed by atoms with E-state index in [-0.39, 0.29) is 29.8 Å². The number of thiophene rings is 1. The minimum atomic E-state index is -0.528. The van der Waals surface area contributed by atoms with E-state index in [1.165, 1.54) is 29.3 Å². The van der Waals surface area contributed by atoms with Crippen LogP contribution in [0.2, 0.25) is 0 Å². The third kappa shape index (κ3) is 3.60. The Kier molecular flexibility index (Phi) is 5.11. The van der Waals surface area contributed by atoms with E-state index in [1.807, 2.05) is 16.7 Å². The van der Waals surface area contributed by atoms with E-state index in [0.29, 0.717) is 0 Å². The zero-order valence-electron chi connectivity index (χ0n) is 18.0. The van der Waals surface area contributed by atoms with Crippen LogP contribution in [0.1, 0.15) is 39.6 Å². The molecule has 0 spiro atoms. The molecule has 2 aliphatic rings. The second-order valence-corrected chi connectivity index (χ2v) is 10.1. The number of benzene rings is 2. The lowest BCUT2D eigenvalue weighted by Gasteiger charge is -2.23. The molecule has 33 heavy (non-hydrogen) atoms. The zero-order chi connectivity index (χ0) is 22.5. The minimum Gasteiger partial charge on any atom is -0.309 e. The molecule has 0 amide bonds. The predicted molar refractivity (Wildman–Crippen MR) is 126 cm³/mol. The van der Waals surface area contributed by atoms with Gasteiger partial charge in [-0.15, -0.1) is 11.3 Å². The number of aromatic nitrogens is 2. The molecule has 2 aliphatic carbocycles. The van der Waals surface area contributed by atoms with Crippen LogP contribution in [0.25, 0.3) is 10.2 Å². The van der Waals surface area contributed by atoms with E-state index in [4.69, 9.17) is 0 Å². The van der Waals surface area contributed by atoms with E-state index in [2.05, 4.69) is 22.4 Å². The first-order chi connectivity index (χ1) is 16.1. The van der Waals surface area contributed by atoms with Crippen molar-refractivity contribution in [3.63, 3.8) is 0 Å². The summed E-state index contributed by atoms with van der Waals surface area (Å²) in [5, 5.41) is 4.07. The number of nitrogens with one attached hydrogen (secondary N) is 1. The maximum absolute atomic E-state index is 14.0. The van der Waals surface area contributed by atoms with Crippen LogP contribution in [0.15, 0.2) is 53.6 Å². The molecular formula is C26H23F2N3OS. The summed E-state index contributed by atoms with van der Waals surface area (Å²) < 4.78 is 29.7. The highest BCUT2D eigenvalue weighted by atomic mass is 32.1. The first kappa shape index (κ1) is 20.7. The summed E-state index contributed by atoms with van der Waals surface area (Å²) in [5.74, 6) is -1.06. The summed E-state index contributed by atoms with van der Waals surface area (Å²) in [4.78, 5) is 20.1. The Balaban J connectivity index is 1.25. The van der Waals surface area contributed by atoms with Crippen molar-refractivity contribution in [1.82, 2.24) is 14.9 Å². The lowest BCUT2D eigenvalue weighted by Crippen LogP contribution is -2.34. The van der Waals surface area contributed by atoms with E-state index in [0.717, 1.165) is 52.8 Å². The van der Waals surface area contributed by atoms with Crippen molar-refractivity contribution in [2.24, 2.45) is 0 Å². The number of nitrogens with zero attached hydrogens (tertiary/aromatic N) is 2. The molecule has 2 aromatic carbocycles. The van der Waals surface area contributed by atoms with Crippen molar-refractivity contribution in [3.05, 3.63) is 97.9 Å². The summed E-state index contributed by atoms with van der Waals surface area (Å²) >= 11 is 1.57. The van der Waals surface area contributed by atoms with Gasteiger partial charge in [0.2, 0.25) is 0 Å². The van der Waals surface area contributed by atoms with Crippen molar-refractivity contribution in [3.8, 4) is 0 Å². The SMILES string of the molecule is O=c1c2c3c(sc2ncn1C1Cc2ccccc2C1)CC(NCc1c(F)cccc1F)CC3. The molecule has 1 N–H and O–H groups in total. The van der Waals surface area contributed by atoms with Gasteiger partial charge in [0.15, 0.2) is 0 Å². The molecule has 0 bridgehead atoms. The van der Waals surface area contributed by atoms with Crippen molar-refractivity contribution < 1.29 is 8.78 Å². The Morgan fingerprint density at radius 3 is 2.48 bits per heavy atom. The molecule has 1 atom stereocenters. The van der Waals surface area contributed by atoms with E-state index in [1.54, 1.807) is 17.7 Å². The van der Waals surface area contributed by atoms with Gasteiger partial charge in [-0.1, -0.05) is 30.3 Å². The molecule has 2 heterocycles. The van der Waals surface area contributed by atoms with Gasteiger partial charge in [-0.05, 0) is 60.9 Å². The molecule has 6 rings (SSSR count). The van der Waals surface area contributed by atoms with Gasteiger partial charge in [0.25, 0.3) is 5.56 Å². The average molecular weight is 464 g/mol. The number of hydrogen-bond acceptors (Lipinski definition) is 4. The van der Waals surface area contributed by atoms with Crippen LogP contribution < -0.4 is 10.9 Å². The first-order valence-electron chi connectivity index (χ1n) is 11.3. The maximum Gasteiger partial charge on any atom is 0.262 e. The van der Waals surface area contributed by atoms with Crippen molar-refractivity contribution in [1.29, 1.82) is 0 Å². The van der Waals surface area contributed by atoms with Crippen LogP contribution in [0, 0.1) is 11.6 Å². The number of fused-ring (bicyclic) bond motifs is 4. The summed E-state index contributed by atoms with van der Waals surface area (Å²) in [7, 11) is 0. The summed E-state index contributed by atoms with van der Waals surface area (Å²) in [5.41, 5.74) is 3.84. The zero-order valence-corrected chi connectivity index (χ0v) is 18.8. The van der Waals surface area contributed by atoms with E-state index < -0.39 is 11.6 Å². The molecule has 1 unspecified atom stereocenters. The molecule has 0 saturated heterocycles. The highest BCUT2D eigenvalue weighted by molar-refractivity contribution is 7.18. The van der Waals surface area contributed by atoms with Gasteiger partial charge in [-0.3, -0.25) is 9.36 Å². The van der Waals surface area contributed by atoms with Crippen LogP contribution in [-0.2, 0) is 32.2 Å². The largest absolute Gasteiger partial charge is 0.309 e. The van der Waals surface area contributed by atoms with Gasteiger partial charge < -0.3 is 5.32 Å². The predicted octanol–water partition coefficient (Wildman–Crippen LogP) is 4.72. The standard InChI is InChI=1S/C26H23F2N3OS/c27-21-6-3-7-22(28)20(21)13-29-17-8-9-19-23(12-17)33-25-24(19)26(32)31(14-30-25)18-10-15-4-1-2-5-16(15)11-18/h1-7,14,17-18,29H,8-13H2. The molecule has 4 nitrogen and oxygen atoms in total. The van der Waals surface area contributed by atoms with Crippen LogP contribution in [-0.4, -0.2) is 15.6 Å². The third-order valence-electron chi connectivity index (χ3n) is 7.05. The molecule has 168 valence electrons. The first-order valence-corrected chi connectivity index (χ1v) is 12.1.